The number of nitrogens with zero attached hydrogens (tertiary/aromatic N) is 1. The van der Waals surface area contributed by atoms with Gasteiger partial charge in [0.15, 0.2) is 0 Å². The summed E-state index contributed by atoms with van der Waals surface area (Å²) in [6.45, 7) is 5.23. The number of alkyl carbamates (subject to hydrolysis) is 1. The second kappa shape index (κ2) is 9.12. The fourth-order valence-electron chi connectivity index (χ4n) is 2.21. The van der Waals surface area contributed by atoms with E-state index in [1.165, 1.54) is 12.1 Å². The van der Waals surface area contributed by atoms with Crippen LogP contribution < -0.4 is 5.32 Å². The highest BCUT2D eigenvalue weighted by molar-refractivity contribution is 5.81. The Morgan fingerprint density at radius 1 is 1.15 bits per heavy atom. The van der Waals surface area contributed by atoms with Crippen LogP contribution in [0.15, 0.2) is 48.7 Å². The Balaban J connectivity index is 2.06. The number of hydrogen-bond acceptors (Lipinski definition) is 5. The monoisotopic (exact) mass is 374 g/mol. The Morgan fingerprint density at radius 3 is 2.44 bits per heavy atom. The summed E-state index contributed by atoms with van der Waals surface area (Å²) in [6, 6.07) is 10.9. The van der Waals surface area contributed by atoms with E-state index in [0.29, 0.717) is 5.69 Å². The summed E-state index contributed by atoms with van der Waals surface area (Å²) >= 11 is 0. The summed E-state index contributed by atoms with van der Waals surface area (Å²) in [4.78, 5) is 28.5. The second-order valence-electron chi connectivity index (χ2n) is 6.96. The molecule has 1 aromatic heterocycles. The lowest BCUT2D eigenvalue weighted by Gasteiger charge is -2.23. The molecule has 144 valence electrons. The van der Waals surface area contributed by atoms with Gasteiger partial charge in [0.2, 0.25) is 0 Å². The van der Waals surface area contributed by atoms with Gasteiger partial charge in [0.1, 0.15) is 24.1 Å². The molecule has 0 aliphatic carbocycles. The molecule has 1 N–H and O–H groups in total. The Morgan fingerprint density at radius 2 is 1.85 bits per heavy atom. The Labute approximate surface area is 157 Å². The maximum Gasteiger partial charge on any atom is 0.408 e. The van der Waals surface area contributed by atoms with E-state index in [9.17, 15) is 14.0 Å². The van der Waals surface area contributed by atoms with Crippen LogP contribution in [0.4, 0.5) is 9.18 Å². The molecule has 6 nitrogen and oxygen atoms in total. The zero-order valence-corrected chi connectivity index (χ0v) is 15.6. The van der Waals surface area contributed by atoms with Gasteiger partial charge in [-0.2, -0.15) is 0 Å². The van der Waals surface area contributed by atoms with Crippen molar-refractivity contribution in [1.29, 1.82) is 0 Å². The third-order valence-electron chi connectivity index (χ3n) is 3.40. The number of nitrogens with one attached hydrogen (secondary N) is 1. The minimum absolute atomic E-state index is 0.0488. The second-order valence-corrected chi connectivity index (χ2v) is 6.96. The van der Waals surface area contributed by atoms with Crippen molar-refractivity contribution in [2.45, 2.75) is 45.4 Å². The normalized spacial score (nSPS) is 12.1. The molecule has 0 radical (unpaired) electrons. The zero-order valence-electron chi connectivity index (χ0n) is 15.6. The number of aromatic nitrogens is 1. The fraction of sp³-hybridized carbons (Fsp3) is 0.350. The number of halogens is 1. The van der Waals surface area contributed by atoms with Crippen molar-refractivity contribution in [3.63, 3.8) is 0 Å². The predicted octanol–water partition coefficient (Wildman–Crippen LogP) is 3.40. The lowest BCUT2D eigenvalue weighted by molar-refractivity contribution is -0.147. The molecule has 1 atom stereocenters. The molecule has 1 heterocycles. The fourth-order valence-corrected chi connectivity index (χ4v) is 2.21. The van der Waals surface area contributed by atoms with Gasteiger partial charge in [-0.25, -0.2) is 14.0 Å². The SMILES string of the molecule is CC(C)(C)OC(=O)NC(Cc1ccc(F)cn1)C(=O)OCc1ccccc1. The largest absolute Gasteiger partial charge is 0.459 e. The van der Waals surface area contributed by atoms with Gasteiger partial charge in [-0.05, 0) is 38.5 Å². The van der Waals surface area contributed by atoms with E-state index >= 15 is 0 Å². The van der Waals surface area contributed by atoms with E-state index in [2.05, 4.69) is 10.3 Å². The van der Waals surface area contributed by atoms with Gasteiger partial charge in [0.25, 0.3) is 0 Å². The predicted molar refractivity (Wildman–Crippen MR) is 97.3 cm³/mol. The highest BCUT2D eigenvalue weighted by atomic mass is 19.1. The molecule has 0 fully saturated rings. The average molecular weight is 374 g/mol. The molecule has 2 rings (SSSR count). The summed E-state index contributed by atoms with van der Waals surface area (Å²) in [5.41, 5.74) is 0.548. The molecule has 0 saturated carbocycles. The molecule has 27 heavy (non-hydrogen) atoms. The molecule has 1 aromatic carbocycles. The van der Waals surface area contributed by atoms with E-state index in [-0.39, 0.29) is 13.0 Å². The lowest BCUT2D eigenvalue weighted by atomic mass is 10.1. The number of ether oxygens (including phenoxy) is 2. The van der Waals surface area contributed by atoms with E-state index in [1.807, 2.05) is 30.3 Å². The van der Waals surface area contributed by atoms with E-state index < -0.39 is 29.5 Å². The van der Waals surface area contributed by atoms with Crippen LogP contribution in [-0.2, 0) is 27.3 Å². The number of carbonyl (C=O) groups excluding carboxylic acids is 2. The first-order valence-corrected chi connectivity index (χ1v) is 8.53. The maximum atomic E-state index is 13.0. The van der Waals surface area contributed by atoms with Gasteiger partial charge in [-0.3, -0.25) is 4.98 Å². The zero-order chi connectivity index (χ0) is 19.9. The summed E-state index contributed by atoms with van der Waals surface area (Å²) in [5, 5.41) is 2.50. The van der Waals surface area contributed by atoms with Crippen molar-refractivity contribution >= 4 is 12.1 Å². The summed E-state index contributed by atoms with van der Waals surface area (Å²) < 4.78 is 23.5. The smallest absolute Gasteiger partial charge is 0.408 e. The molecular weight excluding hydrogens is 351 g/mol. The van der Waals surface area contributed by atoms with Crippen LogP contribution in [0.5, 0.6) is 0 Å². The number of benzene rings is 1. The standard InChI is InChI=1S/C20H23FN2O4/c1-20(2,3)27-19(25)23-17(11-16-10-9-15(21)12-22-16)18(24)26-13-14-7-5-4-6-8-14/h4-10,12,17H,11,13H2,1-3H3,(H,23,25). The summed E-state index contributed by atoms with van der Waals surface area (Å²) in [5.74, 6) is -1.11. The van der Waals surface area contributed by atoms with Crippen molar-refractivity contribution in [1.82, 2.24) is 10.3 Å². The first-order chi connectivity index (χ1) is 12.7. The molecule has 0 bridgehead atoms. The van der Waals surface area contributed by atoms with Crippen molar-refractivity contribution in [3.8, 4) is 0 Å². The van der Waals surface area contributed by atoms with Crippen LogP contribution in [-0.4, -0.2) is 28.7 Å². The average Bonchev–Trinajstić information content (AvgIpc) is 2.60. The van der Waals surface area contributed by atoms with Crippen molar-refractivity contribution < 1.29 is 23.5 Å². The van der Waals surface area contributed by atoms with Gasteiger partial charge in [0, 0.05) is 12.1 Å². The van der Waals surface area contributed by atoms with E-state index in [1.54, 1.807) is 20.8 Å². The van der Waals surface area contributed by atoms with E-state index in [4.69, 9.17) is 9.47 Å². The molecule has 2 aromatic rings. The molecule has 0 spiro atoms. The number of pyridine rings is 1. The minimum Gasteiger partial charge on any atom is -0.459 e. The Kier molecular flexibility index (Phi) is 6.87. The van der Waals surface area contributed by atoms with Crippen LogP contribution in [0.3, 0.4) is 0 Å². The summed E-state index contributed by atoms with van der Waals surface area (Å²) in [6.07, 6.45) is 0.355. The number of rotatable bonds is 6. The van der Waals surface area contributed by atoms with Gasteiger partial charge in [-0.1, -0.05) is 30.3 Å². The van der Waals surface area contributed by atoms with Crippen molar-refractivity contribution in [3.05, 3.63) is 65.7 Å². The highest BCUT2D eigenvalue weighted by Crippen LogP contribution is 2.10. The Hall–Kier alpha value is -2.96. The molecule has 0 aliphatic heterocycles. The van der Waals surface area contributed by atoms with Gasteiger partial charge in [0.05, 0.1) is 6.20 Å². The molecule has 0 saturated heterocycles. The lowest BCUT2D eigenvalue weighted by Crippen LogP contribution is -2.45. The molecule has 1 unspecified atom stereocenters. The van der Waals surface area contributed by atoms with Crippen LogP contribution in [0.25, 0.3) is 0 Å². The van der Waals surface area contributed by atoms with Gasteiger partial charge in [-0.15, -0.1) is 0 Å². The van der Waals surface area contributed by atoms with Crippen LogP contribution in [0.2, 0.25) is 0 Å². The third-order valence-corrected chi connectivity index (χ3v) is 3.40. The minimum atomic E-state index is -1.01. The highest BCUT2D eigenvalue weighted by Gasteiger charge is 2.26. The van der Waals surface area contributed by atoms with Crippen molar-refractivity contribution in [2.75, 3.05) is 0 Å². The molecule has 1 amide bonds. The topological polar surface area (TPSA) is 77.5 Å². The van der Waals surface area contributed by atoms with Crippen LogP contribution in [0, 0.1) is 5.82 Å². The first kappa shape index (κ1) is 20.4. The number of esters is 1. The van der Waals surface area contributed by atoms with Crippen LogP contribution >= 0.6 is 0 Å². The number of amides is 1. The van der Waals surface area contributed by atoms with E-state index in [0.717, 1.165) is 11.8 Å². The Bertz CT molecular complexity index is 758. The van der Waals surface area contributed by atoms with Gasteiger partial charge < -0.3 is 14.8 Å². The van der Waals surface area contributed by atoms with Crippen molar-refractivity contribution in [2.24, 2.45) is 0 Å². The quantitative estimate of drug-likeness (QED) is 0.784. The molecule has 7 heteroatoms. The number of carbonyl (C=O) groups is 2. The van der Waals surface area contributed by atoms with Gasteiger partial charge >= 0.3 is 12.1 Å². The third kappa shape index (κ3) is 7.43. The van der Waals surface area contributed by atoms with Crippen LogP contribution in [0.1, 0.15) is 32.0 Å². The summed E-state index contributed by atoms with van der Waals surface area (Å²) in [7, 11) is 0. The maximum absolute atomic E-state index is 13.0. The first-order valence-electron chi connectivity index (χ1n) is 8.53. The molecular formula is C20H23FN2O4. The number of hydrogen-bond donors (Lipinski definition) is 1. The molecule has 0 aliphatic rings.